The molecule has 0 amide bonds. The summed E-state index contributed by atoms with van der Waals surface area (Å²) in [7, 11) is 1.94. The highest BCUT2D eigenvalue weighted by molar-refractivity contribution is 9.10. The molecule has 2 rings (SSSR count). The van der Waals surface area contributed by atoms with Crippen LogP contribution >= 0.6 is 15.9 Å². The van der Waals surface area contributed by atoms with Crippen LogP contribution in [0.15, 0.2) is 17.0 Å². The number of anilines is 2. The molecule has 0 aliphatic carbocycles. The second kappa shape index (κ2) is 6.69. The van der Waals surface area contributed by atoms with Crippen LogP contribution in [-0.2, 0) is 13.6 Å². The van der Waals surface area contributed by atoms with E-state index in [1.807, 2.05) is 24.9 Å². The zero-order chi connectivity index (χ0) is 14.5. The van der Waals surface area contributed by atoms with Crippen molar-refractivity contribution in [3.63, 3.8) is 0 Å². The molecule has 6 nitrogen and oxygen atoms in total. The zero-order valence-corrected chi connectivity index (χ0v) is 13.5. The van der Waals surface area contributed by atoms with Crippen LogP contribution < -0.4 is 10.6 Å². The van der Waals surface area contributed by atoms with Gasteiger partial charge in [0.15, 0.2) is 0 Å². The lowest BCUT2D eigenvalue weighted by Crippen LogP contribution is -2.08. The number of aryl methyl sites for hydroxylation is 1. The highest BCUT2D eigenvalue weighted by Crippen LogP contribution is 2.26. The predicted molar refractivity (Wildman–Crippen MR) is 83.8 cm³/mol. The Labute approximate surface area is 127 Å². The molecule has 0 atom stereocenters. The third kappa shape index (κ3) is 3.27. The second-order valence-corrected chi connectivity index (χ2v) is 5.34. The Hall–Kier alpha value is -1.63. The maximum Gasteiger partial charge on any atom is 0.146 e. The smallest absolute Gasteiger partial charge is 0.146 e. The summed E-state index contributed by atoms with van der Waals surface area (Å²) in [6.45, 7) is 5.74. The first-order valence-corrected chi connectivity index (χ1v) is 7.38. The minimum Gasteiger partial charge on any atom is -0.369 e. The first kappa shape index (κ1) is 14.8. The van der Waals surface area contributed by atoms with Crippen molar-refractivity contribution in [1.29, 1.82) is 0 Å². The van der Waals surface area contributed by atoms with Crippen LogP contribution in [0.5, 0.6) is 0 Å². The lowest BCUT2D eigenvalue weighted by molar-refractivity contribution is 0.738. The molecule has 0 aliphatic heterocycles. The Kier molecular flexibility index (Phi) is 4.94. The molecule has 0 spiro atoms. The largest absolute Gasteiger partial charge is 0.369 e. The van der Waals surface area contributed by atoms with Gasteiger partial charge in [-0.05, 0) is 29.3 Å². The van der Waals surface area contributed by atoms with E-state index in [-0.39, 0.29) is 0 Å². The highest BCUT2D eigenvalue weighted by atomic mass is 79.9. The third-order valence-corrected chi connectivity index (χ3v) is 3.87. The quantitative estimate of drug-likeness (QED) is 0.847. The van der Waals surface area contributed by atoms with Gasteiger partial charge in [-0.15, -0.1) is 0 Å². The van der Waals surface area contributed by atoms with E-state index in [2.05, 4.69) is 48.6 Å². The Morgan fingerprint density at radius 3 is 2.55 bits per heavy atom. The normalized spacial score (nSPS) is 10.6. The van der Waals surface area contributed by atoms with E-state index in [1.54, 1.807) is 6.33 Å². The van der Waals surface area contributed by atoms with Gasteiger partial charge in [0, 0.05) is 31.4 Å². The van der Waals surface area contributed by atoms with E-state index in [1.165, 1.54) is 0 Å². The molecule has 2 aromatic rings. The second-order valence-electron chi connectivity index (χ2n) is 4.54. The van der Waals surface area contributed by atoms with Crippen molar-refractivity contribution in [3.05, 3.63) is 28.3 Å². The molecule has 0 saturated carbocycles. The third-order valence-electron chi connectivity index (χ3n) is 3.12. The summed E-state index contributed by atoms with van der Waals surface area (Å²) < 4.78 is 2.72. The zero-order valence-electron chi connectivity index (χ0n) is 11.9. The standard InChI is InChI=1S/C13H19BrN6/c1-4-5-15-12-11(14)13(18-8-17-12)16-6-10-7-19-20(3)9(10)2/h7-8H,4-6H2,1-3H3,(H2,15,16,17,18). The summed E-state index contributed by atoms with van der Waals surface area (Å²) in [5.41, 5.74) is 2.30. The SMILES string of the molecule is CCCNc1ncnc(NCc2cnn(C)c2C)c1Br. The van der Waals surface area contributed by atoms with Gasteiger partial charge in [-0.3, -0.25) is 4.68 Å². The maximum absolute atomic E-state index is 4.26. The Bertz CT molecular complexity index is 580. The minimum absolute atomic E-state index is 0.683. The Morgan fingerprint density at radius 2 is 1.95 bits per heavy atom. The van der Waals surface area contributed by atoms with E-state index in [0.29, 0.717) is 6.54 Å². The number of nitrogens with one attached hydrogen (secondary N) is 2. The fourth-order valence-electron chi connectivity index (χ4n) is 1.76. The maximum atomic E-state index is 4.26. The number of hydrogen-bond acceptors (Lipinski definition) is 5. The molecule has 2 aromatic heterocycles. The van der Waals surface area contributed by atoms with E-state index in [4.69, 9.17) is 0 Å². The molecule has 0 saturated heterocycles. The van der Waals surface area contributed by atoms with Crippen LogP contribution in [0.3, 0.4) is 0 Å². The van der Waals surface area contributed by atoms with Crippen molar-refractivity contribution >= 4 is 27.6 Å². The van der Waals surface area contributed by atoms with Gasteiger partial charge in [-0.25, -0.2) is 9.97 Å². The molecule has 20 heavy (non-hydrogen) atoms. The van der Waals surface area contributed by atoms with E-state index < -0.39 is 0 Å². The molecule has 2 heterocycles. The van der Waals surface area contributed by atoms with Gasteiger partial charge in [0.1, 0.15) is 22.4 Å². The summed E-state index contributed by atoms with van der Waals surface area (Å²) >= 11 is 3.54. The van der Waals surface area contributed by atoms with Gasteiger partial charge >= 0.3 is 0 Å². The number of halogens is 1. The van der Waals surface area contributed by atoms with Crippen molar-refractivity contribution in [2.24, 2.45) is 7.05 Å². The topological polar surface area (TPSA) is 67.7 Å². The molecule has 0 unspecified atom stereocenters. The van der Waals surface area contributed by atoms with E-state index >= 15 is 0 Å². The molecule has 0 bridgehead atoms. The van der Waals surface area contributed by atoms with Crippen LogP contribution in [0.4, 0.5) is 11.6 Å². The summed E-state index contributed by atoms with van der Waals surface area (Å²) in [6.07, 6.45) is 4.48. The van der Waals surface area contributed by atoms with Crippen LogP contribution in [-0.4, -0.2) is 26.3 Å². The number of nitrogens with zero attached hydrogens (tertiary/aromatic N) is 4. The van der Waals surface area contributed by atoms with Crippen molar-refractivity contribution in [3.8, 4) is 0 Å². The van der Waals surface area contributed by atoms with E-state index in [0.717, 1.165) is 40.3 Å². The molecule has 2 N–H and O–H groups in total. The fourth-order valence-corrected chi connectivity index (χ4v) is 2.24. The molecule has 108 valence electrons. The molecular formula is C13H19BrN6. The fraction of sp³-hybridized carbons (Fsp3) is 0.462. The van der Waals surface area contributed by atoms with Crippen molar-refractivity contribution in [2.75, 3.05) is 17.2 Å². The first-order valence-electron chi connectivity index (χ1n) is 6.59. The van der Waals surface area contributed by atoms with Gasteiger partial charge in [0.2, 0.25) is 0 Å². The summed E-state index contributed by atoms with van der Waals surface area (Å²) in [5.74, 6) is 1.59. The van der Waals surface area contributed by atoms with Crippen molar-refractivity contribution in [1.82, 2.24) is 19.7 Å². The first-order chi connectivity index (χ1) is 9.63. The lowest BCUT2D eigenvalue weighted by atomic mass is 10.2. The van der Waals surface area contributed by atoms with Gasteiger partial charge in [0.25, 0.3) is 0 Å². The van der Waals surface area contributed by atoms with Crippen LogP contribution in [0.2, 0.25) is 0 Å². The van der Waals surface area contributed by atoms with Gasteiger partial charge in [-0.2, -0.15) is 5.10 Å². The number of hydrogen-bond donors (Lipinski definition) is 2. The summed E-state index contributed by atoms with van der Waals surface area (Å²) in [4.78, 5) is 8.49. The summed E-state index contributed by atoms with van der Waals surface area (Å²) in [6, 6.07) is 0. The van der Waals surface area contributed by atoms with E-state index in [9.17, 15) is 0 Å². The molecule has 0 radical (unpaired) electrons. The average Bonchev–Trinajstić information content (AvgIpc) is 2.76. The Balaban J connectivity index is 2.08. The summed E-state index contributed by atoms with van der Waals surface area (Å²) in [5, 5.41) is 10.8. The predicted octanol–water partition coefficient (Wildman–Crippen LogP) is 2.72. The van der Waals surface area contributed by atoms with Gasteiger partial charge < -0.3 is 10.6 Å². The molecule has 0 aromatic carbocycles. The number of rotatable bonds is 6. The van der Waals surface area contributed by atoms with Crippen LogP contribution in [0.1, 0.15) is 24.6 Å². The molecule has 0 aliphatic rings. The lowest BCUT2D eigenvalue weighted by Gasteiger charge is -2.11. The van der Waals surface area contributed by atoms with Gasteiger partial charge in [0.05, 0.1) is 6.20 Å². The minimum atomic E-state index is 0.683. The highest BCUT2D eigenvalue weighted by Gasteiger charge is 2.09. The number of aromatic nitrogens is 4. The van der Waals surface area contributed by atoms with Crippen molar-refractivity contribution in [2.45, 2.75) is 26.8 Å². The molecule has 0 fully saturated rings. The monoisotopic (exact) mass is 338 g/mol. The molecular weight excluding hydrogens is 320 g/mol. The van der Waals surface area contributed by atoms with Gasteiger partial charge in [-0.1, -0.05) is 6.92 Å². The van der Waals surface area contributed by atoms with Crippen molar-refractivity contribution < 1.29 is 0 Å². The Morgan fingerprint density at radius 1 is 1.25 bits per heavy atom. The average molecular weight is 339 g/mol. The molecule has 7 heteroatoms. The van der Waals surface area contributed by atoms with Crippen LogP contribution in [0, 0.1) is 6.92 Å². The van der Waals surface area contributed by atoms with Crippen LogP contribution in [0.25, 0.3) is 0 Å².